The molecule has 0 bridgehead atoms. The van der Waals surface area contributed by atoms with Crippen LogP contribution in [-0.4, -0.2) is 23.1 Å². The van der Waals surface area contributed by atoms with Crippen molar-refractivity contribution in [3.63, 3.8) is 0 Å². The Kier molecular flexibility index (Phi) is 6.93. The van der Waals surface area contributed by atoms with Crippen LogP contribution in [0.4, 0.5) is 5.82 Å². The topological polar surface area (TPSA) is 47.0 Å². The van der Waals surface area contributed by atoms with Crippen molar-refractivity contribution in [2.75, 3.05) is 18.5 Å². The Morgan fingerprint density at radius 2 is 1.95 bits per heavy atom. The molecule has 120 valence electrons. The molecule has 0 fully saturated rings. The Labute approximate surface area is 129 Å². The lowest BCUT2D eigenvalue weighted by molar-refractivity contribution is 0.294. The Morgan fingerprint density at radius 3 is 2.52 bits per heavy atom. The summed E-state index contributed by atoms with van der Waals surface area (Å²) < 4.78 is 5.76. The number of anilines is 1. The standard InChI is InChI=1S/C17H31N3O/c1-7-8-11-21-15-12-14(18-10-9-13(2)3)19-16(20-15)17(4,5)6/h12-13H,7-11H2,1-6H3,(H,18,19,20). The molecule has 0 aromatic carbocycles. The lowest BCUT2D eigenvalue weighted by Gasteiger charge is -2.19. The Morgan fingerprint density at radius 1 is 1.24 bits per heavy atom. The molecule has 0 radical (unpaired) electrons. The zero-order chi connectivity index (χ0) is 15.9. The normalized spacial score (nSPS) is 11.8. The Hall–Kier alpha value is -1.32. The molecule has 1 aromatic rings. The van der Waals surface area contributed by atoms with Gasteiger partial charge in [-0.3, -0.25) is 0 Å². The summed E-state index contributed by atoms with van der Waals surface area (Å²) in [5, 5.41) is 3.39. The van der Waals surface area contributed by atoms with Gasteiger partial charge in [0.15, 0.2) is 0 Å². The van der Waals surface area contributed by atoms with Crippen molar-refractivity contribution in [2.45, 2.75) is 66.2 Å². The van der Waals surface area contributed by atoms with Gasteiger partial charge in [-0.2, -0.15) is 4.98 Å². The summed E-state index contributed by atoms with van der Waals surface area (Å²) in [6.45, 7) is 14.6. The zero-order valence-electron chi connectivity index (χ0n) is 14.5. The Bertz CT molecular complexity index is 425. The van der Waals surface area contributed by atoms with Crippen molar-refractivity contribution in [1.29, 1.82) is 0 Å². The fraction of sp³-hybridized carbons (Fsp3) is 0.765. The number of unbranched alkanes of at least 4 members (excludes halogenated alkanes) is 1. The number of hydrogen-bond acceptors (Lipinski definition) is 4. The van der Waals surface area contributed by atoms with Crippen LogP contribution in [0, 0.1) is 5.92 Å². The maximum atomic E-state index is 5.76. The minimum Gasteiger partial charge on any atom is -0.478 e. The number of aromatic nitrogens is 2. The van der Waals surface area contributed by atoms with E-state index >= 15 is 0 Å². The average molecular weight is 293 g/mol. The molecular weight excluding hydrogens is 262 g/mol. The zero-order valence-corrected chi connectivity index (χ0v) is 14.5. The summed E-state index contributed by atoms with van der Waals surface area (Å²) in [4.78, 5) is 9.17. The van der Waals surface area contributed by atoms with E-state index in [1.54, 1.807) is 0 Å². The van der Waals surface area contributed by atoms with Crippen LogP contribution in [0.25, 0.3) is 0 Å². The first kappa shape index (κ1) is 17.7. The van der Waals surface area contributed by atoms with E-state index in [9.17, 15) is 0 Å². The third-order valence-electron chi connectivity index (χ3n) is 3.15. The second-order valence-corrected chi connectivity index (χ2v) is 6.98. The molecule has 0 unspecified atom stereocenters. The van der Waals surface area contributed by atoms with Gasteiger partial charge >= 0.3 is 0 Å². The van der Waals surface area contributed by atoms with Crippen molar-refractivity contribution in [3.05, 3.63) is 11.9 Å². The molecule has 0 aliphatic rings. The van der Waals surface area contributed by atoms with Gasteiger partial charge in [-0.05, 0) is 18.8 Å². The van der Waals surface area contributed by atoms with Gasteiger partial charge in [-0.1, -0.05) is 48.0 Å². The first-order valence-electron chi connectivity index (χ1n) is 8.09. The van der Waals surface area contributed by atoms with Crippen LogP contribution in [-0.2, 0) is 5.41 Å². The highest BCUT2D eigenvalue weighted by Gasteiger charge is 2.19. The summed E-state index contributed by atoms with van der Waals surface area (Å²) in [6, 6.07) is 1.91. The monoisotopic (exact) mass is 293 g/mol. The van der Waals surface area contributed by atoms with Gasteiger partial charge in [-0.15, -0.1) is 0 Å². The van der Waals surface area contributed by atoms with Gasteiger partial charge in [0.25, 0.3) is 0 Å². The van der Waals surface area contributed by atoms with Gasteiger partial charge < -0.3 is 10.1 Å². The maximum Gasteiger partial charge on any atom is 0.218 e. The molecule has 0 amide bonds. The quantitative estimate of drug-likeness (QED) is 0.721. The molecule has 0 saturated heterocycles. The van der Waals surface area contributed by atoms with Gasteiger partial charge in [0.1, 0.15) is 11.6 Å². The minimum atomic E-state index is -0.0847. The van der Waals surface area contributed by atoms with Crippen molar-refractivity contribution in [3.8, 4) is 5.88 Å². The molecule has 1 rings (SSSR count). The molecule has 0 aliphatic heterocycles. The average Bonchev–Trinajstić information content (AvgIpc) is 2.37. The second-order valence-electron chi connectivity index (χ2n) is 6.98. The van der Waals surface area contributed by atoms with Crippen molar-refractivity contribution in [2.24, 2.45) is 5.92 Å². The summed E-state index contributed by atoms with van der Waals surface area (Å²) in [7, 11) is 0. The van der Waals surface area contributed by atoms with Crippen molar-refractivity contribution < 1.29 is 4.74 Å². The first-order chi connectivity index (χ1) is 9.82. The molecular formula is C17H31N3O. The molecule has 4 nitrogen and oxygen atoms in total. The lowest BCUT2D eigenvalue weighted by Crippen LogP contribution is -2.18. The third-order valence-corrected chi connectivity index (χ3v) is 3.15. The van der Waals surface area contributed by atoms with Crippen molar-refractivity contribution in [1.82, 2.24) is 9.97 Å². The second kappa shape index (κ2) is 8.20. The van der Waals surface area contributed by atoms with E-state index in [1.807, 2.05) is 6.07 Å². The van der Waals surface area contributed by atoms with Crippen LogP contribution in [0.1, 0.15) is 66.6 Å². The smallest absolute Gasteiger partial charge is 0.218 e. The van der Waals surface area contributed by atoms with Crippen LogP contribution in [0.2, 0.25) is 0 Å². The first-order valence-corrected chi connectivity index (χ1v) is 8.09. The molecule has 1 N–H and O–H groups in total. The summed E-state index contributed by atoms with van der Waals surface area (Å²) in [6.07, 6.45) is 3.29. The fourth-order valence-electron chi connectivity index (χ4n) is 1.73. The highest BCUT2D eigenvalue weighted by atomic mass is 16.5. The Balaban J connectivity index is 2.82. The summed E-state index contributed by atoms with van der Waals surface area (Å²) >= 11 is 0. The van der Waals surface area contributed by atoms with E-state index in [2.05, 4.69) is 56.8 Å². The molecule has 0 saturated carbocycles. The SMILES string of the molecule is CCCCOc1cc(NCCC(C)C)nc(C(C)(C)C)n1. The van der Waals surface area contributed by atoms with E-state index in [0.29, 0.717) is 18.4 Å². The van der Waals surface area contributed by atoms with Gasteiger partial charge in [0, 0.05) is 18.0 Å². The molecule has 1 aromatic heterocycles. The van der Waals surface area contributed by atoms with Gasteiger partial charge in [0.2, 0.25) is 5.88 Å². The number of nitrogens with zero attached hydrogens (tertiary/aromatic N) is 2. The number of nitrogens with one attached hydrogen (secondary N) is 1. The van der Waals surface area contributed by atoms with Crippen LogP contribution in [0.3, 0.4) is 0 Å². The number of hydrogen-bond donors (Lipinski definition) is 1. The third kappa shape index (κ3) is 6.78. The van der Waals surface area contributed by atoms with E-state index in [1.165, 1.54) is 0 Å². The summed E-state index contributed by atoms with van der Waals surface area (Å²) in [5.41, 5.74) is -0.0847. The molecule has 0 aliphatic carbocycles. The largest absolute Gasteiger partial charge is 0.478 e. The molecule has 4 heteroatoms. The van der Waals surface area contributed by atoms with Crippen LogP contribution >= 0.6 is 0 Å². The van der Waals surface area contributed by atoms with E-state index < -0.39 is 0 Å². The minimum absolute atomic E-state index is 0.0847. The van der Waals surface area contributed by atoms with E-state index in [0.717, 1.165) is 37.4 Å². The van der Waals surface area contributed by atoms with Gasteiger partial charge in [0.05, 0.1) is 6.61 Å². The number of ether oxygens (including phenoxy) is 1. The van der Waals surface area contributed by atoms with Crippen LogP contribution in [0.15, 0.2) is 6.07 Å². The van der Waals surface area contributed by atoms with Crippen molar-refractivity contribution >= 4 is 5.82 Å². The predicted molar refractivity (Wildman–Crippen MR) is 89.1 cm³/mol. The molecule has 0 spiro atoms. The molecule has 1 heterocycles. The predicted octanol–water partition coefficient (Wildman–Crippen LogP) is 4.41. The number of rotatable bonds is 8. The van der Waals surface area contributed by atoms with E-state index in [-0.39, 0.29) is 5.41 Å². The highest BCUT2D eigenvalue weighted by molar-refractivity contribution is 5.39. The van der Waals surface area contributed by atoms with Crippen LogP contribution < -0.4 is 10.1 Å². The van der Waals surface area contributed by atoms with E-state index in [4.69, 9.17) is 4.74 Å². The summed E-state index contributed by atoms with van der Waals surface area (Å²) in [5.74, 6) is 3.04. The highest BCUT2D eigenvalue weighted by Crippen LogP contribution is 2.23. The van der Waals surface area contributed by atoms with Gasteiger partial charge in [-0.25, -0.2) is 4.98 Å². The molecule has 21 heavy (non-hydrogen) atoms. The lowest BCUT2D eigenvalue weighted by atomic mass is 9.96. The maximum absolute atomic E-state index is 5.76. The fourth-order valence-corrected chi connectivity index (χ4v) is 1.73. The molecule has 0 atom stereocenters. The van der Waals surface area contributed by atoms with Crippen LogP contribution in [0.5, 0.6) is 5.88 Å².